The van der Waals surface area contributed by atoms with Crippen LogP contribution < -0.4 is 0 Å². The third-order valence-corrected chi connectivity index (χ3v) is 4.88. The second-order valence-electron chi connectivity index (χ2n) is 6.67. The Hall–Kier alpha value is -1.42. The average molecular weight is 305 g/mol. The number of carbonyl (C=O) groups is 1. The van der Waals surface area contributed by atoms with Crippen molar-refractivity contribution < 1.29 is 13.9 Å². The van der Waals surface area contributed by atoms with Crippen LogP contribution in [0, 0.1) is 18.7 Å². The molecule has 0 radical (unpaired) electrons. The molecule has 0 aromatic heterocycles. The standard InChI is InChI=1S/C18H24FNO2/c1-12-9-15(5-6-17(12)19)16(14-3-4-14)10-18(21)20-7-8-22-11-13(20)2/h5-6,9,13-14,16H,3-4,7-8,10-11H2,1-2H3. The molecule has 3 rings (SSSR count). The molecule has 1 aromatic carbocycles. The Balaban J connectivity index is 1.74. The van der Waals surface area contributed by atoms with Crippen molar-refractivity contribution in [2.24, 2.45) is 5.92 Å². The van der Waals surface area contributed by atoms with Crippen molar-refractivity contribution in [2.75, 3.05) is 19.8 Å². The second kappa shape index (κ2) is 6.37. The normalized spacial score (nSPS) is 23.4. The number of morpholine rings is 1. The lowest BCUT2D eigenvalue weighted by molar-refractivity contribution is -0.139. The van der Waals surface area contributed by atoms with Gasteiger partial charge in [0.25, 0.3) is 0 Å². The molecule has 1 amide bonds. The van der Waals surface area contributed by atoms with Crippen LogP contribution in [0.2, 0.25) is 0 Å². The summed E-state index contributed by atoms with van der Waals surface area (Å²) in [4.78, 5) is 14.6. The summed E-state index contributed by atoms with van der Waals surface area (Å²) in [5, 5.41) is 0. The van der Waals surface area contributed by atoms with Crippen LogP contribution in [-0.2, 0) is 9.53 Å². The van der Waals surface area contributed by atoms with Crippen molar-refractivity contribution in [3.8, 4) is 0 Å². The lowest BCUT2D eigenvalue weighted by Gasteiger charge is -2.34. The van der Waals surface area contributed by atoms with E-state index >= 15 is 0 Å². The zero-order valence-electron chi connectivity index (χ0n) is 13.3. The molecular formula is C18H24FNO2. The third-order valence-electron chi connectivity index (χ3n) is 4.88. The van der Waals surface area contributed by atoms with Crippen molar-refractivity contribution in [3.63, 3.8) is 0 Å². The Bertz CT molecular complexity index is 556. The first kappa shape index (κ1) is 15.5. The van der Waals surface area contributed by atoms with Crippen LogP contribution in [0.15, 0.2) is 18.2 Å². The fraction of sp³-hybridized carbons (Fsp3) is 0.611. The van der Waals surface area contributed by atoms with Crippen LogP contribution in [-0.4, -0.2) is 36.6 Å². The van der Waals surface area contributed by atoms with E-state index in [0.717, 1.165) is 5.56 Å². The number of carbonyl (C=O) groups excluding carboxylic acids is 1. The molecular weight excluding hydrogens is 281 g/mol. The van der Waals surface area contributed by atoms with Crippen molar-refractivity contribution in [1.29, 1.82) is 0 Å². The summed E-state index contributed by atoms with van der Waals surface area (Å²) in [6.07, 6.45) is 2.88. The summed E-state index contributed by atoms with van der Waals surface area (Å²) < 4.78 is 18.9. The largest absolute Gasteiger partial charge is 0.377 e. The number of hydrogen-bond donors (Lipinski definition) is 0. The molecule has 1 aliphatic carbocycles. The number of amides is 1. The van der Waals surface area contributed by atoms with Crippen LogP contribution in [0.1, 0.15) is 43.2 Å². The van der Waals surface area contributed by atoms with Gasteiger partial charge in [-0.3, -0.25) is 4.79 Å². The smallest absolute Gasteiger partial charge is 0.223 e. The molecule has 0 spiro atoms. The molecule has 0 bridgehead atoms. The first-order valence-corrected chi connectivity index (χ1v) is 8.19. The van der Waals surface area contributed by atoms with Gasteiger partial charge in [-0.1, -0.05) is 12.1 Å². The van der Waals surface area contributed by atoms with Gasteiger partial charge in [0.05, 0.1) is 19.3 Å². The number of halogens is 1. The van der Waals surface area contributed by atoms with E-state index in [-0.39, 0.29) is 23.7 Å². The van der Waals surface area contributed by atoms with Gasteiger partial charge >= 0.3 is 0 Å². The quantitative estimate of drug-likeness (QED) is 0.854. The summed E-state index contributed by atoms with van der Waals surface area (Å²) in [5.41, 5.74) is 1.77. The van der Waals surface area contributed by atoms with E-state index < -0.39 is 0 Å². The molecule has 0 N–H and O–H groups in total. The number of nitrogens with zero attached hydrogens (tertiary/aromatic N) is 1. The van der Waals surface area contributed by atoms with Gasteiger partial charge in [-0.25, -0.2) is 4.39 Å². The summed E-state index contributed by atoms with van der Waals surface area (Å²) in [6.45, 7) is 5.75. The molecule has 22 heavy (non-hydrogen) atoms. The number of benzene rings is 1. The Morgan fingerprint density at radius 3 is 2.86 bits per heavy atom. The van der Waals surface area contributed by atoms with Gasteiger partial charge in [0.15, 0.2) is 0 Å². The SMILES string of the molecule is Cc1cc(C(CC(=O)N2CCOCC2C)C2CC2)ccc1F. The number of aryl methyl sites for hydroxylation is 1. The summed E-state index contributed by atoms with van der Waals surface area (Å²) in [5.74, 6) is 0.827. The molecule has 1 aromatic rings. The van der Waals surface area contributed by atoms with Crippen LogP contribution in [0.4, 0.5) is 4.39 Å². The van der Waals surface area contributed by atoms with Gasteiger partial charge in [0, 0.05) is 13.0 Å². The van der Waals surface area contributed by atoms with Gasteiger partial charge < -0.3 is 9.64 Å². The predicted molar refractivity (Wildman–Crippen MR) is 83.2 cm³/mol. The van der Waals surface area contributed by atoms with Crippen molar-refractivity contribution in [3.05, 3.63) is 35.1 Å². The van der Waals surface area contributed by atoms with Gasteiger partial charge in [0.1, 0.15) is 5.82 Å². The maximum Gasteiger partial charge on any atom is 0.223 e. The van der Waals surface area contributed by atoms with Crippen LogP contribution in [0.25, 0.3) is 0 Å². The van der Waals surface area contributed by atoms with E-state index in [9.17, 15) is 9.18 Å². The Morgan fingerprint density at radius 2 is 2.23 bits per heavy atom. The predicted octanol–water partition coefficient (Wildman–Crippen LogP) is 3.27. The molecule has 1 saturated carbocycles. The molecule has 2 fully saturated rings. The Labute approximate surface area is 131 Å². The summed E-state index contributed by atoms with van der Waals surface area (Å²) in [7, 11) is 0. The lowest BCUT2D eigenvalue weighted by Crippen LogP contribution is -2.47. The zero-order chi connectivity index (χ0) is 15.7. The van der Waals surface area contributed by atoms with Gasteiger partial charge in [-0.2, -0.15) is 0 Å². The monoisotopic (exact) mass is 305 g/mol. The minimum Gasteiger partial charge on any atom is -0.377 e. The maximum absolute atomic E-state index is 13.5. The third kappa shape index (κ3) is 3.32. The van der Waals surface area contributed by atoms with E-state index in [4.69, 9.17) is 4.74 Å². The van der Waals surface area contributed by atoms with Crippen molar-refractivity contribution >= 4 is 5.91 Å². The minimum atomic E-state index is -0.175. The highest BCUT2D eigenvalue weighted by molar-refractivity contribution is 5.77. The van der Waals surface area contributed by atoms with Gasteiger partial charge in [-0.15, -0.1) is 0 Å². The highest BCUT2D eigenvalue weighted by Crippen LogP contribution is 2.45. The molecule has 1 saturated heterocycles. The van der Waals surface area contributed by atoms with Crippen LogP contribution in [0.3, 0.4) is 0 Å². The Kier molecular flexibility index (Phi) is 4.48. The van der Waals surface area contributed by atoms with Crippen molar-refractivity contribution in [2.45, 2.75) is 45.1 Å². The average Bonchev–Trinajstić information content (AvgIpc) is 3.32. The van der Waals surface area contributed by atoms with E-state index in [0.29, 0.717) is 37.7 Å². The highest BCUT2D eigenvalue weighted by atomic mass is 19.1. The van der Waals surface area contributed by atoms with Crippen molar-refractivity contribution in [1.82, 2.24) is 4.90 Å². The molecule has 2 atom stereocenters. The highest BCUT2D eigenvalue weighted by Gasteiger charge is 2.36. The van der Waals surface area contributed by atoms with E-state index in [1.54, 1.807) is 6.92 Å². The van der Waals surface area contributed by atoms with Gasteiger partial charge in [0.2, 0.25) is 5.91 Å². The lowest BCUT2D eigenvalue weighted by atomic mass is 9.89. The zero-order valence-corrected chi connectivity index (χ0v) is 13.3. The fourth-order valence-electron chi connectivity index (χ4n) is 3.36. The summed E-state index contributed by atoms with van der Waals surface area (Å²) >= 11 is 0. The second-order valence-corrected chi connectivity index (χ2v) is 6.67. The molecule has 1 aliphatic heterocycles. The van der Waals surface area contributed by atoms with Gasteiger partial charge in [-0.05, 0) is 55.7 Å². The van der Waals surface area contributed by atoms with Crippen LogP contribution >= 0.6 is 0 Å². The first-order chi connectivity index (χ1) is 10.6. The van der Waals surface area contributed by atoms with E-state index in [2.05, 4.69) is 0 Å². The molecule has 120 valence electrons. The summed E-state index contributed by atoms with van der Waals surface area (Å²) in [6, 6.07) is 5.44. The van der Waals surface area contributed by atoms with E-state index in [1.165, 1.54) is 18.9 Å². The van der Waals surface area contributed by atoms with Crippen LogP contribution in [0.5, 0.6) is 0 Å². The molecule has 2 unspecified atom stereocenters. The molecule has 3 nitrogen and oxygen atoms in total. The number of ether oxygens (including phenoxy) is 1. The fourth-order valence-corrected chi connectivity index (χ4v) is 3.36. The number of hydrogen-bond acceptors (Lipinski definition) is 2. The van der Waals surface area contributed by atoms with E-state index in [1.807, 2.05) is 24.0 Å². The Morgan fingerprint density at radius 1 is 1.45 bits per heavy atom. The topological polar surface area (TPSA) is 29.5 Å². The molecule has 2 aliphatic rings. The minimum absolute atomic E-state index is 0.149. The number of rotatable bonds is 4. The first-order valence-electron chi connectivity index (χ1n) is 8.19. The molecule has 4 heteroatoms. The maximum atomic E-state index is 13.5. The molecule has 1 heterocycles.